The molecule has 11 heteroatoms. The first-order valence-electron chi connectivity index (χ1n) is 11.0. The SMILES string of the molecule is CC(=N)C(C)C(=O)Nc1cccc(C(C)(F)F)c1.O=CNc1ccc(OC(F)F)c(-c2ccccn2)c1. The molecule has 1 aromatic heterocycles. The third kappa shape index (κ3) is 9.02. The predicted molar refractivity (Wildman–Crippen MR) is 133 cm³/mol. The lowest BCUT2D eigenvalue weighted by atomic mass is 10.1. The average Bonchev–Trinajstić information content (AvgIpc) is 2.85. The fourth-order valence-corrected chi connectivity index (χ4v) is 2.93. The van der Waals surface area contributed by atoms with Gasteiger partial charge in [-0.25, -0.2) is 8.78 Å². The van der Waals surface area contributed by atoms with E-state index >= 15 is 0 Å². The third-order valence-corrected chi connectivity index (χ3v) is 5.04. The molecule has 196 valence electrons. The molecule has 7 nitrogen and oxygen atoms in total. The molecular weight excluding hydrogens is 492 g/mol. The molecule has 0 saturated heterocycles. The highest BCUT2D eigenvalue weighted by Crippen LogP contribution is 2.32. The molecule has 0 aliphatic carbocycles. The predicted octanol–water partition coefficient (Wildman–Crippen LogP) is 6.33. The Morgan fingerprint density at radius 2 is 1.81 bits per heavy atom. The number of amides is 2. The van der Waals surface area contributed by atoms with E-state index in [1.165, 1.54) is 43.3 Å². The smallest absolute Gasteiger partial charge is 0.387 e. The molecule has 3 rings (SSSR count). The summed E-state index contributed by atoms with van der Waals surface area (Å²) in [4.78, 5) is 26.2. The van der Waals surface area contributed by atoms with Gasteiger partial charge in [0.15, 0.2) is 0 Å². The van der Waals surface area contributed by atoms with E-state index in [0.29, 0.717) is 29.0 Å². The van der Waals surface area contributed by atoms with E-state index in [0.717, 1.165) is 6.92 Å². The Hall–Kier alpha value is -4.28. The molecule has 0 saturated carbocycles. The third-order valence-electron chi connectivity index (χ3n) is 5.04. The maximum atomic E-state index is 13.1. The number of hydrogen-bond acceptors (Lipinski definition) is 5. The lowest BCUT2D eigenvalue weighted by molar-refractivity contribution is -0.117. The number of pyridine rings is 1. The van der Waals surface area contributed by atoms with Crippen molar-refractivity contribution in [2.75, 3.05) is 10.6 Å². The van der Waals surface area contributed by atoms with Gasteiger partial charge in [0.1, 0.15) is 5.75 Å². The number of nitrogens with one attached hydrogen (secondary N) is 3. The van der Waals surface area contributed by atoms with Crippen LogP contribution in [0.4, 0.5) is 28.9 Å². The number of aromatic nitrogens is 1. The average molecular weight is 519 g/mol. The molecule has 3 aromatic rings. The van der Waals surface area contributed by atoms with Crippen molar-refractivity contribution in [1.82, 2.24) is 4.98 Å². The summed E-state index contributed by atoms with van der Waals surface area (Å²) < 4.78 is 55.4. The molecule has 0 bridgehead atoms. The molecule has 0 radical (unpaired) electrons. The first kappa shape index (κ1) is 29.0. The summed E-state index contributed by atoms with van der Waals surface area (Å²) in [6.45, 7) is 1.00. The van der Waals surface area contributed by atoms with Crippen molar-refractivity contribution in [3.63, 3.8) is 0 Å². The second-order valence-corrected chi connectivity index (χ2v) is 7.93. The van der Waals surface area contributed by atoms with Crippen LogP contribution < -0.4 is 15.4 Å². The number of alkyl halides is 4. The molecule has 1 atom stereocenters. The number of rotatable bonds is 9. The highest BCUT2D eigenvalue weighted by molar-refractivity contribution is 6.07. The molecule has 1 unspecified atom stereocenters. The molecule has 0 fully saturated rings. The molecule has 2 aromatic carbocycles. The maximum Gasteiger partial charge on any atom is 0.387 e. The summed E-state index contributed by atoms with van der Waals surface area (Å²) in [5.74, 6) is -3.89. The van der Waals surface area contributed by atoms with Crippen LogP contribution in [0.1, 0.15) is 26.3 Å². The van der Waals surface area contributed by atoms with Crippen LogP contribution in [0.3, 0.4) is 0 Å². The van der Waals surface area contributed by atoms with Crippen molar-refractivity contribution < 1.29 is 31.9 Å². The molecule has 1 heterocycles. The van der Waals surface area contributed by atoms with E-state index in [2.05, 4.69) is 20.4 Å². The van der Waals surface area contributed by atoms with Crippen LogP contribution in [-0.2, 0) is 15.5 Å². The fourth-order valence-electron chi connectivity index (χ4n) is 2.93. The summed E-state index contributed by atoms with van der Waals surface area (Å²) in [7, 11) is 0. The lowest BCUT2D eigenvalue weighted by Gasteiger charge is -2.14. The number of carbonyl (C=O) groups excluding carboxylic acids is 2. The van der Waals surface area contributed by atoms with Crippen LogP contribution in [0.5, 0.6) is 5.75 Å². The summed E-state index contributed by atoms with van der Waals surface area (Å²) in [6, 6.07) is 15.0. The number of carbonyl (C=O) groups is 2. The summed E-state index contributed by atoms with van der Waals surface area (Å²) in [6.07, 6.45) is 2.05. The minimum Gasteiger partial charge on any atom is -0.434 e. The topological polar surface area (TPSA) is 104 Å². The molecule has 2 amide bonds. The molecule has 3 N–H and O–H groups in total. The van der Waals surface area contributed by atoms with E-state index < -0.39 is 18.5 Å². The molecule has 37 heavy (non-hydrogen) atoms. The molecule has 0 spiro atoms. The second kappa shape index (κ2) is 13.1. The van der Waals surface area contributed by atoms with Gasteiger partial charge in [0.25, 0.3) is 5.92 Å². The zero-order valence-corrected chi connectivity index (χ0v) is 20.3. The van der Waals surface area contributed by atoms with Crippen molar-refractivity contribution in [3.05, 3.63) is 72.4 Å². The van der Waals surface area contributed by atoms with Crippen LogP contribution >= 0.6 is 0 Å². The van der Waals surface area contributed by atoms with Gasteiger partial charge in [-0.15, -0.1) is 0 Å². The number of halogens is 4. The van der Waals surface area contributed by atoms with Crippen molar-refractivity contribution >= 4 is 29.4 Å². The monoisotopic (exact) mass is 518 g/mol. The van der Waals surface area contributed by atoms with Crippen LogP contribution in [0.2, 0.25) is 0 Å². The number of hydrogen-bond donors (Lipinski definition) is 3. The zero-order chi connectivity index (χ0) is 27.6. The number of benzene rings is 2. The highest BCUT2D eigenvalue weighted by Gasteiger charge is 2.24. The minimum absolute atomic E-state index is 0.00477. The maximum absolute atomic E-state index is 13.1. The number of ether oxygens (including phenoxy) is 1. The Kier molecular flexibility index (Phi) is 10.3. The van der Waals surface area contributed by atoms with Gasteiger partial charge in [-0.2, -0.15) is 8.78 Å². The Bertz CT molecular complexity index is 1220. The second-order valence-electron chi connectivity index (χ2n) is 7.93. The van der Waals surface area contributed by atoms with Crippen molar-refractivity contribution in [1.29, 1.82) is 5.41 Å². The Balaban J connectivity index is 0.000000261. The van der Waals surface area contributed by atoms with Gasteiger partial charge in [0.05, 0.1) is 11.6 Å². The van der Waals surface area contributed by atoms with Crippen LogP contribution in [0.25, 0.3) is 11.3 Å². The Morgan fingerprint density at radius 3 is 2.38 bits per heavy atom. The van der Waals surface area contributed by atoms with E-state index in [1.54, 1.807) is 37.4 Å². The van der Waals surface area contributed by atoms with Gasteiger partial charge in [0.2, 0.25) is 12.3 Å². The van der Waals surface area contributed by atoms with E-state index in [1.807, 2.05) is 0 Å². The van der Waals surface area contributed by atoms with E-state index in [-0.39, 0.29) is 22.9 Å². The van der Waals surface area contributed by atoms with Crippen molar-refractivity contribution in [3.8, 4) is 17.0 Å². The van der Waals surface area contributed by atoms with Crippen molar-refractivity contribution in [2.45, 2.75) is 33.3 Å². The summed E-state index contributed by atoms with van der Waals surface area (Å²) in [5, 5.41) is 12.3. The molecular formula is C26H26F4N4O3. The van der Waals surface area contributed by atoms with Crippen LogP contribution in [0, 0.1) is 11.3 Å². The van der Waals surface area contributed by atoms with Gasteiger partial charge in [-0.3, -0.25) is 14.6 Å². The van der Waals surface area contributed by atoms with Gasteiger partial charge in [0, 0.05) is 41.3 Å². The number of nitrogens with zero attached hydrogens (tertiary/aromatic N) is 1. The molecule has 0 aliphatic heterocycles. The van der Waals surface area contributed by atoms with Gasteiger partial charge in [-0.05, 0) is 56.3 Å². The largest absolute Gasteiger partial charge is 0.434 e. The first-order valence-corrected chi connectivity index (χ1v) is 11.0. The lowest BCUT2D eigenvalue weighted by Crippen LogP contribution is -2.25. The minimum atomic E-state index is -2.94. The molecule has 0 aliphatic rings. The highest BCUT2D eigenvalue weighted by atomic mass is 19.3. The normalized spacial score (nSPS) is 11.6. The first-order chi connectivity index (χ1) is 17.4. The Morgan fingerprint density at radius 1 is 1.08 bits per heavy atom. The van der Waals surface area contributed by atoms with Crippen LogP contribution in [-0.4, -0.2) is 29.6 Å². The van der Waals surface area contributed by atoms with Crippen molar-refractivity contribution in [2.24, 2.45) is 5.92 Å². The zero-order valence-electron chi connectivity index (χ0n) is 20.3. The quantitative estimate of drug-likeness (QED) is 0.175. The summed E-state index contributed by atoms with van der Waals surface area (Å²) >= 11 is 0. The summed E-state index contributed by atoms with van der Waals surface area (Å²) in [5.41, 5.74) is 1.72. The standard InChI is InChI=1S/C13H10F2N2O2.C13H16F2N2O/c14-13(15)19-12-5-4-9(17-8-18)7-10(12)11-3-1-2-6-16-11;1-8(9(2)16)12(18)17-11-6-4-5-10(7-11)13(3,14)15/h1-8,13H,(H,17,18);4-8,16H,1-3H3,(H,17,18). The van der Waals surface area contributed by atoms with Crippen LogP contribution in [0.15, 0.2) is 66.9 Å². The van der Waals surface area contributed by atoms with Gasteiger partial charge < -0.3 is 20.8 Å². The van der Waals surface area contributed by atoms with Gasteiger partial charge >= 0.3 is 6.61 Å². The number of anilines is 2. The fraction of sp³-hybridized carbons (Fsp3) is 0.231. The van der Waals surface area contributed by atoms with E-state index in [4.69, 9.17) is 5.41 Å². The van der Waals surface area contributed by atoms with Gasteiger partial charge in [-0.1, -0.05) is 18.2 Å². The van der Waals surface area contributed by atoms with E-state index in [9.17, 15) is 27.2 Å². The Labute approximate surface area is 211 Å².